The largest absolute Gasteiger partial charge is 0.501 e. The summed E-state index contributed by atoms with van der Waals surface area (Å²) in [6.07, 6.45) is 5.08. The molecular formula is C26H23FN4O7S. The Morgan fingerprint density at radius 1 is 1.05 bits per heavy atom. The van der Waals surface area contributed by atoms with Crippen LogP contribution in [-0.4, -0.2) is 67.9 Å². The molecule has 5 rings (SSSR count). The van der Waals surface area contributed by atoms with Crippen LogP contribution >= 0.6 is 11.3 Å². The summed E-state index contributed by atoms with van der Waals surface area (Å²) in [7, 11) is 0. The first-order valence-corrected chi connectivity index (χ1v) is 12.4. The van der Waals surface area contributed by atoms with E-state index in [-0.39, 0.29) is 11.5 Å². The van der Waals surface area contributed by atoms with Gasteiger partial charge in [0.1, 0.15) is 22.2 Å². The van der Waals surface area contributed by atoms with Gasteiger partial charge in [0.15, 0.2) is 0 Å². The highest BCUT2D eigenvalue weighted by Gasteiger charge is 2.18. The van der Waals surface area contributed by atoms with E-state index >= 15 is 0 Å². The quantitative estimate of drug-likeness (QED) is 0.303. The number of benzene rings is 1. The van der Waals surface area contributed by atoms with Gasteiger partial charge in [-0.15, -0.1) is 11.3 Å². The monoisotopic (exact) mass is 554 g/mol. The fourth-order valence-electron chi connectivity index (χ4n) is 3.72. The number of halogens is 1. The molecule has 0 radical (unpaired) electrons. The first-order chi connectivity index (χ1) is 18.7. The maximum Gasteiger partial charge on any atom is 0.328 e. The minimum absolute atomic E-state index is 0.166. The van der Waals surface area contributed by atoms with Gasteiger partial charge in [0, 0.05) is 48.9 Å². The Labute approximate surface area is 224 Å². The van der Waals surface area contributed by atoms with Gasteiger partial charge >= 0.3 is 17.5 Å². The number of rotatable bonds is 6. The van der Waals surface area contributed by atoms with Crippen LogP contribution in [0.2, 0.25) is 0 Å². The fraction of sp³-hybridized carbons (Fsp3) is 0.192. The molecule has 3 aromatic heterocycles. The van der Waals surface area contributed by atoms with E-state index in [0.29, 0.717) is 42.4 Å². The first-order valence-electron chi connectivity index (χ1n) is 11.6. The Morgan fingerprint density at radius 3 is 2.36 bits per heavy atom. The number of anilines is 1. The summed E-state index contributed by atoms with van der Waals surface area (Å²) >= 11 is 1.34. The van der Waals surface area contributed by atoms with E-state index in [1.807, 2.05) is 6.07 Å². The summed E-state index contributed by atoms with van der Waals surface area (Å²) in [6, 6.07) is 9.95. The van der Waals surface area contributed by atoms with Crippen molar-refractivity contribution in [2.45, 2.75) is 6.42 Å². The van der Waals surface area contributed by atoms with Gasteiger partial charge in [0.2, 0.25) is 5.75 Å². The Bertz CT molecular complexity index is 1560. The number of carboxylic acids is 2. The lowest BCUT2D eigenvalue weighted by Crippen LogP contribution is -2.36. The van der Waals surface area contributed by atoms with Crippen LogP contribution in [0.15, 0.2) is 65.7 Å². The topological polar surface area (TPSA) is 155 Å². The van der Waals surface area contributed by atoms with E-state index < -0.39 is 23.2 Å². The number of thiazole rings is 1. The molecule has 1 saturated heterocycles. The summed E-state index contributed by atoms with van der Waals surface area (Å²) in [5, 5.41) is 26.7. The normalized spacial score (nSPS) is 13.3. The van der Waals surface area contributed by atoms with Crippen molar-refractivity contribution in [3.8, 4) is 16.5 Å². The SMILES string of the molecule is O=C(O)/C=C/C(=O)O.O=c1c(O)c(-c2ncc(Cc3ccc(F)cc3)s2)nc2ccc(N3CCOCC3)cn12. The molecule has 202 valence electrons. The molecule has 1 aliphatic rings. The third-order valence-electron chi connectivity index (χ3n) is 5.58. The standard InChI is InChI=1S/C22H19FN4O3S.C4H4O4/c23-15-3-1-14(2-4-15)11-17-12-24-21(31-17)19-20(28)22(29)27-13-16(5-6-18(27)25-19)26-7-9-30-10-8-26;5-3(6)1-2-4(7)8/h1-6,12-13,28H,7-11H2;1-2H,(H,5,6)(H,7,8)/b;2-1+. The molecule has 4 aromatic rings. The number of carboxylic acid groups (broad SMARTS) is 2. The zero-order valence-corrected chi connectivity index (χ0v) is 21.2. The number of ether oxygens (including phenoxy) is 1. The molecule has 0 amide bonds. The maximum absolute atomic E-state index is 13.1. The van der Waals surface area contributed by atoms with Crippen molar-refractivity contribution in [3.05, 3.63) is 87.6 Å². The molecule has 0 spiro atoms. The van der Waals surface area contributed by atoms with Gasteiger partial charge < -0.3 is 25.0 Å². The molecule has 1 fully saturated rings. The van der Waals surface area contributed by atoms with Crippen LogP contribution in [0.3, 0.4) is 0 Å². The number of aromatic nitrogens is 3. The molecule has 0 unspecified atom stereocenters. The lowest BCUT2D eigenvalue weighted by atomic mass is 10.1. The lowest BCUT2D eigenvalue weighted by Gasteiger charge is -2.28. The van der Waals surface area contributed by atoms with E-state index in [2.05, 4.69) is 14.9 Å². The molecular weight excluding hydrogens is 531 g/mol. The van der Waals surface area contributed by atoms with Crippen molar-refractivity contribution in [1.82, 2.24) is 14.4 Å². The predicted octanol–water partition coefficient (Wildman–Crippen LogP) is 2.80. The Kier molecular flexibility index (Phi) is 8.63. The van der Waals surface area contributed by atoms with Gasteiger partial charge in [-0.1, -0.05) is 12.1 Å². The fourth-order valence-corrected chi connectivity index (χ4v) is 4.66. The highest BCUT2D eigenvalue weighted by molar-refractivity contribution is 7.15. The molecule has 1 aromatic carbocycles. The van der Waals surface area contributed by atoms with Crippen molar-refractivity contribution in [2.24, 2.45) is 0 Å². The predicted molar refractivity (Wildman–Crippen MR) is 141 cm³/mol. The third kappa shape index (κ3) is 7.03. The van der Waals surface area contributed by atoms with Crippen LogP contribution in [-0.2, 0) is 20.7 Å². The second kappa shape index (κ2) is 12.3. The van der Waals surface area contributed by atoms with Crippen molar-refractivity contribution < 1.29 is 34.0 Å². The van der Waals surface area contributed by atoms with Crippen LogP contribution in [0.25, 0.3) is 16.3 Å². The highest BCUT2D eigenvalue weighted by atomic mass is 32.1. The van der Waals surface area contributed by atoms with E-state index in [0.717, 1.165) is 29.2 Å². The number of pyridine rings is 1. The van der Waals surface area contributed by atoms with Crippen molar-refractivity contribution in [2.75, 3.05) is 31.2 Å². The van der Waals surface area contributed by atoms with Crippen molar-refractivity contribution in [3.63, 3.8) is 0 Å². The molecule has 4 heterocycles. The number of morpholine rings is 1. The van der Waals surface area contributed by atoms with Crippen LogP contribution in [0.1, 0.15) is 10.4 Å². The first kappa shape index (κ1) is 27.4. The molecule has 0 saturated carbocycles. The average Bonchev–Trinajstić information content (AvgIpc) is 3.39. The Morgan fingerprint density at radius 2 is 1.72 bits per heavy atom. The summed E-state index contributed by atoms with van der Waals surface area (Å²) in [6.45, 7) is 2.76. The Balaban J connectivity index is 0.000000386. The summed E-state index contributed by atoms with van der Waals surface area (Å²) in [4.78, 5) is 43.9. The number of nitrogens with zero attached hydrogens (tertiary/aromatic N) is 4. The molecule has 13 heteroatoms. The number of carbonyl (C=O) groups is 2. The molecule has 39 heavy (non-hydrogen) atoms. The van der Waals surface area contributed by atoms with E-state index in [9.17, 15) is 23.9 Å². The number of fused-ring (bicyclic) bond motifs is 1. The molecule has 1 aliphatic heterocycles. The van der Waals surface area contributed by atoms with Crippen molar-refractivity contribution in [1.29, 1.82) is 0 Å². The third-order valence-corrected chi connectivity index (χ3v) is 6.58. The van der Waals surface area contributed by atoms with E-state index in [1.54, 1.807) is 30.6 Å². The van der Waals surface area contributed by atoms with Crippen LogP contribution in [0, 0.1) is 5.82 Å². The highest BCUT2D eigenvalue weighted by Crippen LogP contribution is 2.30. The van der Waals surface area contributed by atoms with Crippen LogP contribution in [0.4, 0.5) is 10.1 Å². The van der Waals surface area contributed by atoms with Gasteiger partial charge in [-0.2, -0.15) is 0 Å². The van der Waals surface area contributed by atoms with Gasteiger partial charge in [0.05, 0.1) is 18.9 Å². The number of hydrogen-bond donors (Lipinski definition) is 3. The zero-order chi connectivity index (χ0) is 27.9. The van der Waals surface area contributed by atoms with Gasteiger partial charge in [0.25, 0.3) is 0 Å². The summed E-state index contributed by atoms with van der Waals surface area (Å²) < 4.78 is 19.8. The van der Waals surface area contributed by atoms with E-state index in [4.69, 9.17) is 14.9 Å². The minimum atomic E-state index is -1.26. The number of hydrogen-bond acceptors (Lipinski definition) is 9. The molecule has 0 atom stereocenters. The van der Waals surface area contributed by atoms with Gasteiger partial charge in [-0.25, -0.2) is 23.9 Å². The second-order valence-electron chi connectivity index (χ2n) is 8.27. The molecule has 3 N–H and O–H groups in total. The second-order valence-corrected chi connectivity index (χ2v) is 9.39. The van der Waals surface area contributed by atoms with Crippen molar-refractivity contribution >= 4 is 34.6 Å². The minimum Gasteiger partial charge on any atom is -0.501 e. The molecule has 0 bridgehead atoms. The smallest absolute Gasteiger partial charge is 0.328 e. The summed E-state index contributed by atoms with van der Waals surface area (Å²) in [5.41, 5.74) is 1.89. The Hall–Kier alpha value is -4.62. The average molecular weight is 555 g/mol. The number of aromatic hydroxyl groups is 1. The molecule has 0 aliphatic carbocycles. The molecule has 11 nitrogen and oxygen atoms in total. The van der Waals surface area contributed by atoms with Crippen LogP contribution < -0.4 is 10.5 Å². The maximum atomic E-state index is 13.1. The zero-order valence-electron chi connectivity index (χ0n) is 20.4. The number of aliphatic carboxylic acids is 2. The van der Waals surface area contributed by atoms with Gasteiger partial charge in [-0.3, -0.25) is 9.20 Å². The summed E-state index contributed by atoms with van der Waals surface area (Å²) in [5.74, 6) is -3.23. The van der Waals surface area contributed by atoms with Crippen LogP contribution in [0.5, 0.6) is 5.75 Å². The van der Waals surface area contributed by atoms with E-state index in [1.165, 1.54) is 27.9 Å². The lowest BCUT2D eigenvalue weighted by molar-refractivity contribution is -0.134. The van der Waals surface area contributed by atoms with Gasteiger partial charge in [-0.05, 0) is 29.8 Å².